The van der Waals surface area contributed by atoms with Crippen LogP contribution in [0.15, 0.2) is 53.7 Å². The molecule has 8 nitrogen and oxygen atoms in total. The third-order valence-corrected chi connectivity index (χ3v) is 9.88. The summed E-state index contributed by atoms with van der Waals surface area (Å²) < 4.78 is 19.1. The van der Waals surface area contributed by atoms with Crippen LogP contribution in [0.25, 0.3) is 17.2 Å². The summed E-state index contributed by atoms with van der Waals surface area (Å²) in [5.74, 6) is -0.705. The Bertz CT molecular complexity index is 1610. The number of halogens is 1. The first kappa shape index (κ1) is 27.8. The Balaban J connectivity index is 1.20. The van der Waals surface area contributed by atoms with Gasteiger partial charge in [-0.3, -0.25) is 19.7 Å². The number of rotatable bonds is 8. The van der Waals surface area contributed by atoms with Crippen molar-refractivity contribution in [3.05, 3.63) is 71.4 Å². The molecule has 4 aliphatic rings. The Morgan fingerprint density at radius 3 is 2.70 bits per heavy atom. The lowest BCUT2D eigenvalue weighted by Crippen LogP contribution is -2.43. The van der Waals surface area contributed by atoms with Crippen molar-refractivity contribution in [3.8, 4) is 11.1 Å². The molecule has 0 bridgehead atoms. The van der Waals surface area contributed by atoms with E-state index in [-0.39, 0.29) is 28.3 Å². The average molecular weight is 582 g/mol. The van der Waals surface area contributed by atoms with E-state index in [2.05, 4.69) is 20.5 Å². The van der Waals surface area contributed by atoms with Gasteiger partial charge in [0.25, 0.3) is 5.91 Å². The Kier molecular flexibility index (Phi) is 7.08. The number of aromatic amines is 1. The number of benzene rings is 1. The quantitative estimate of drug-likeness (QED) is 0.330. The molecule has 1 aliphatic heterocycles. The predicted octanol–water partition coefficient (Wildman–Crippen LogP) is 6.19. The molecule has 2 N–H and O–H groups in total. The molecule has 9 heteroatoms. The summed E-state index contributed by atoms with van der Waals surface area (Å²) in [5.41, 5.74) is 4.15. The summed E-state index contributed by atoms with van der Waals surface area (Å²) in [7, 11) is 1.68. The van der Waals surface area contributed by atoms with E-state index < -0.39 is 11.8 Å². The third-order valence-electron chi connectivity index (χ3n) is 9.88. The molecule has 0 saturated heterocycles. The van der Waals surface area contributed by atoms with Crippen LogP contribution in [-0.4, -0.2) is 52.8 Å². The molecule has 1 aromatic carbocycles. The van der Waals surface area contributed by atoms with Gasteiger partial charge in [-0.25, -0.2) is 9.38 Å². The van der Waals surface area contributed by atoms with Gasteiger partial charge in [0.1, 0.15) is 17.3 Å². The van der Waals surface area contributed by atoms with E-state index in [1.54, 1.807) is 19.4 Å². The van der Waals surface area contributed by atoms with Crippen molar-refractivity contribution in [1.82, 2.24) is 20.5 Å². The number of ether oxygens (including phenoxy) is 1. The fourth-order valence-electron chi connectivity index (χ4n) is 7.40. The topological polar surface area (TPSA) is 109 Å². The molecule has 3 heterocycles. The van der Waals surface area contributed by atoms with E-state index >= 15 is 0 Å². The van der Waals surface area contributed by atoms with Gasteiger partial charge in [-0.05, 0) is 67.4 Å². The normalized spacial score (nSPS) is 23.2. The molecule has 3 fully saturated rings. The lowest BCUT2D eigenvalue weighted by Gasteiger charge is -2.41. The Morgan fingerprint density at radius 1 is 1.14 bits per heavy atom. The second kappa shape index (κ2) is 10.9. The van der Waals surface area contributed by atoms with Crippen LogP contribution in [0.5, 0.6) is 0 Å². The van der Waals surface area contributed by atoms with E-state index in [1.165, 1.54) is 12.1 Å². The maximum atomic E-state index is 13.9. The lowest BCUT2D eigenvalue weighted by molar-refractivity contribution is -0.124. The number of ketones is 1. The molecule has 1 amide bonds. The fourth-order valence-corrected chi connectivity index (χ4v) is 7.40. The second-order valence-electron chi connectivity index (χ2n) is 12.9. The van der Waals surface area contributed by atoms with Crippen molar-refractivity contribution in [2.75, 3.05) is 20.3 Å². The molecule has 2 unspecified atom stereocenters. The summed E-state index contributed by atoms with van der Waals surface area (Å²) >= 11 is 0. The second-order valence-corrected chi connectivity index (χ2v) is 12.9. The first-order chi connectivity index (χ1) is 20.9. The number of H-pyrrole nitrogens is 1. The molecular formula is C34H36FN5O3. The van der Waals surface area contributed by atoms with Gasteiger partial charge in [0.2, 0.25) is 0 Å². The highest BCUT2D eigenvalue weighted by molar-refractivity contribution is 6.11. The number of hydrogen-bond donors (Lipinski definition) is 2. The molecule has 3 saturated carbocycles. The van der Waals surface area contributed by atoms with Gasteiger partial charge < -0.3 is 10.1 Å². The van der Waals surface area contributed by atoms with E-state index in [9.17, 15) is 14.0 Å². The molecule has 3 aromatic rings. The van der Waals surface area contributed by atoms with Crippen LogP contribution in [0.4, 0.5) is 10.2 Å². The van der Waals surface area contributed by atoms with Crippen LogP contribution in [0.1, 0.15) is 79.0 Å². The van der Waals surface area contributed by atoms with Crippen LogP contribution < -0.4 is 5.32 Å². The van der Waals surface area contributed by atoms with Crippen molar-refractivity contribution in [2.24, 2.45) is 21.7 Å². The highest BCUT2D eigenvalue weighted by atomic mass is 19.1. The molecule has 1 spiro atoms. The third kappa shape index (κ3) is 5.35. The highest BCUT2D eigenvalue weighted by Gasteiger charge is 2.50. The van der Waals surface area contributed by atoms with Crippen molar-refractivity contribution in [1.29, 1.82) is 0 Å². The van der Waals surface area contributed by atoms with E-state index in [4.69, 9.17) is 9.73 Å². The van der Waals surface area contributed by atoms with Gasteiger partial charge in [0, 0.05) is 54.4 Å². The number of aliphatic imine (C=N–C) groups is 1. The summed E-state index contributed by atoms with van der Waals surface area (Å²) in [6.07, 6.45) is 13.4. The van der Waals surface area contributed by atoms with Crippen molar-refractivity contribution in [2.45, 2.75) is 57.3 Å². The molecule has 222 valence electrons. The first-order valence-corrected chi connectivity index (χ1v) is 15.2. The standard InChI is InChI=1S/C34H36FN5O3/c1-43-20-34(13-14-34)19-37-32(42)30-29-25(10-9-24-8-7-22(18-36-24)21-5-4-6-23(35)15-21)28-26(38-31(29)40-39-30)16-33(17-27(28)41)11-2-3-12-33/h4-10,15,18,25,28H,2-3,11-14,16-17,19-20H2,1H3,(H,37,42)(H,39,40)/b10-9+. The van der Waals surface area contributed by atoms with Crippen LogP contribution >= 0.6 is 0 Å². The monoisotopic (exact) mass is 581 g/mol. The Labute approximate surface area is 250 Å². The summed E-state index contributed by atoms with van der Waals surface area (Å²) in [5, 5.41) is 10.5. The summed E-state index contributed by atoms with van der Waals surface area (Å²) in [4.78, 5) is 36.9. The molecule has 2 aromatic heterocycles. The molecule has 0 radical (unpaired) electrons. The number of nitrogens with one attached hydrogen (secondary N) is 2. The number of hydrogen-bond acceptors (Lipinski definition) is 6. The number of aromatic nitrogens is 3. The van der Waals surface area contributed by atoms with E-state index in [1.807, 2.05) is 30.4 Å². The minimum atomic E-state index is -0.436. The number of Topliss-reactive ketones (excluding diaryl/α,β-unsaturated/α-hetero) is 1. The van der Waals surface area contributed by atoms with Crippen LogP contribution in [-0.2, 0) is 9.53 Å². The number of methoxy groups -OCH3 is 1. The highest BCUT2D eigenvalue weighted by Crippen LogP contribution is 2.53. The smallest absolute Gasteiger partial charge is 0.269 e. The molecule has 2 atom stereocenters. The van der Waals surface area contributed by atoms with Gasteiger partial charge in [-0.15, -0.1) is 0 Å². The van der Waals surface area contributed by atoms with Crippen molar-refractivity contribution in [3.63, 3.8) is 0 Å². The van der Waals surface area contributed by atoms with Crippen LogP contribution in [0, 0.1) is 22.6 Å². The largest absolute Gasteiger partial charge is 0.384 e. The maximum absolute atomic E-state index is 13.9. The molecule has 3 aliphatic carbocycles. The number of pyridine rings is 1. The van der Waals surface area contributed by atoms with Crippen LogP contribution in [0.3, 0.4) is 0 Å². The number of carbonyl (C=O) groups is 2. The zero-order valence-corrected chi connectivity index (χ0v) is 24.4. The number of allylic oxidation sites excluding steroid dienone is 1. The van der Waals surface area contributed by atoms with Gasteiger partial charge in [0.05, 0.1) is 18.2 Å². The van der Waals surface area contributed by atoms with Gasteiger partial charge in [-0.2, -0.15) is 5.10 Å². The number of fused-ring (bicyclic) bond motifs is 2. The van der Waals surface area contributed by atoms with Gasteiger partial charge in [-0.1, -0.05) is 37.1 Å². The molecular weight excluding hydrogens is 545 g/mol. The SMILES string of the molecule is COCC1(CNC(=O)c2[nH]nc3c2C(/C=C/c2ccc(-c4cccc(F)c4)cn2)C2C(=O)CC4(CCCC4)CC2=N3)CC1. The number of carbonyl (C=O) groups excluding carboxylic acids is 2. The predicted molar refractivity (Wildman–Crippen MR) is 162 cm³/mol. The molecule has 7 rings (SSSR count). The Hall–Kier alpha value is -3.98. The number of amides is 1. The zero-order valence-electron chi connectivity index (χ0n) is 24.4. The fraction of sp³-hybridized carbons (Fsp3) is 0.441. The number of nitrogens with zero attached hydrogens (tertiary/aromatic N) is 3. The summed E-state index contributed by atoms with van der Waals surface area (Å²) in [6.45, 7) is 1.13. The Morgan fingerprint density at radius 2 is 1.98 bits per heavy atom. The minimum absolute atomic E-state index is 0.00290. The van der Waals surface area contributed by atoms with E-state index in [0.717, 1.165) is 61.8 Å². The first-order valence-electron chi connectivity index (χ1n) is 15.2. The summed E-state index contributed by atoms with van der Waals surface area (Å²) in [6, 6.07) is 10.2. The zero-order chi connectivity index (χ0) is 29.6. The molecule has 43 heavy (non-hydrogen) atoms. The van der Waals surface area contributed by atoms with Crippen LogP contribution in [0.2, 0.25) is 0 Å². The minimum Gasteiger partial charge on any atom is -0.384 e. The van der Waals surface area contributed by atoms with Gasteiger partial charge in [0.15, 0.2) is 5.82 Å². The van der Waals surface area contributed by atoms with Crippen molar-refractivity contribution < 1.29 is 18.7 Å². The van der Waals surface area contributed by atoms with E-state index in [0.29, 0.717) is 42.3 Å². The van der Waals surface area contributed by atoms with Crippen molar-refractivity contribution >= 4 is 29.3 Å². The van der Waals surface area contributed by atoms with Gasteiger partial charge >= 0.3 is 0 Å². The maximum Gasteiger partial charge on any atom is 0.269 e. The lowest BCUT2D eigenvalue weighted by atomic mass is 9.63. The average Bonchev–Trinajstić information content (AvgIpc) is 3.40.